The lowest BCUT2D eigenvalue weighted by molar-refractivity contribution is 0.571. The van der Waals surface area contributed by atoms with Crippen LogP contribution in [-0.2, 0) is 0 Å². The van der Waals surface area contributed by atoms with E-state index in [1.807, 2.05) is 0 Å². The molecule has 0 aliphatic rings. The quantitative estimate of drug-likeness (QED) is 0.563. The van der Waals surface area contributed by atoms with Gasteiger partial charge >= 0.3 is 0 Å². The molecule has 0 nitrogen and oxygen atoms in total. The Labute approximate surface area is 163 Å². The van der Waals surface area contributed by atoms with Gasteiger partial charge in [0, 0.05) is 10.8 Å². The van der Waals surface area contributed by atoms with Crippen molar-refractivity contribution in [2.24, 2.45) is 10.8 Å². The first kappa shape index (κ1) is 20.3. The summed E-state index contributed by atoms with van der Waals surface area (Å²) < 4.78 is 0. The lowest BCUT2D eigenvalue weighted by Gasteiger charge is -2.18. The van der Waals surface area contributed by atoms with E-state index >= 15 is 0 Å². The molecule has 2 rings (SSSR count). The van der Waals surface area contributed by atoms with Gasteiger partial charge in [-0.15, -0.1) is 22.9 Å². The highest BCUT2D eigenvalue weighted by Gasteiger charge is 2.28. The maximum Gasteiger partial charge on any atom is 0.186 e. The van der Waals surface area contributed by atoms with E-state index in [9.17, 15) is 0 Å². The van der Waals surface area contributed by atoms with Gasteiger partial charge in [-0.05, 0) is 51.9 Å². The van der Waals surface area contributed by atoms with Crippen molar-refractivity contribution < 1.29 is 0 Å². The van der Waals surface area contributed by atoms with E-state index in [1.54, 1.807) is 0 Å². The van der Waals surface area contributed by atoms with E-state index in [2.05, 4.69) is 125 Å². The van der Waals surface area contributed by atoms with E-state index in [0.717, 1.165) is 0 Å². The van der Waals surface area contributed by atoms with Crippen molar-refractivity contribution in [1.82, 2.24) is 0 Å². The third-order valence-corrected chi connectivity index (χ3v) is 10.6. The summed E-state index contributed by atoms with van der Waals surface area (Å²) in [7, 11) is -2.20. The van der Waals surface area contributed by atoms with Gasteiger partial charge in [0.05, 0.1) is 0 Å². The van der Waals surface area contributed by atoms with Crippen LogP contribution in [0.1, 0.15) is 41.5 Å². The van der Waals surface area contributed by atoms with Crippen LogP contribution in [0.4, 0.5) is 0 Å². The molecule has 2 radical (unpaired) electrons. The molecule has 0 aromatic heterocycles. The van der Waals surface area contributed by atoms with E-state index < -0.39 is 16.6 Å². The first-order valence-corrected chi connectivity index (χ1v) is 13.1. The van der Waals surface area contributed by atoms with Gasteiger partial charge in [-0.25, -0.2) is 0 Å². The fraction of sp³-hybridized carbons (Fsp3) is 0.333. The van der Waals surface area contributed by atoms with Crippen molar-refractivity contribution in [3.63, 3.8) is 0 Å². The maximum atomic E-state index is 3.71. The second-order valence-electron chi connectivity index (χ2n) is 8.48. The minimum Gasteiger partial charge on any atom is -0.129 e. The fourth-order valence-corrected chi connectivity index (χ4v) is 9.29. The summed E-state index contributed by atoms with van der Waals surface area (Å²) in [5, 5.41) is 2.74. The predicted octanol–water partition coefficient (Wildman–Crippen LogP) is 4.05. The van der Waals surface area contributed by atoms with Gasteiger partial charge in [0.1, 0.15) is 0 Å². The highest BCUT2D eigenvalue weighted by Crippen LogP contribution is 2.12. The Hall–Kier alpha value is -2.01. The van der Waals surface area contributed by atoms with Gasteiger partial charge in [-0.1, -0.05) is 60.7 Å². The molecule has 2 heteroatoms. The molecular formula is C24H28Si2. The average molecular weight is 373 g/mol. The van der Waals surface area contributed by atoms with Crippen molar-refractivity contribution in [3.8, 4) is 22.9 Å². The summed E-state index contributed by atoms with van der Waals surface area (Å²) in [5.41, 5.74) is 7.42. The summed E-state index contributed by atoms with van der Waals surface area (Å²) in [5.74, 6) is 7.04. The average Bonchev–Trinajstić information content (AvgIpc) is 2.57. The van der Waals surface area contributed by atoms with Crippen molar-refractivity contribution in [2.45, 2.75) is 41.5 Å². The van der Waals surface area contributed by atoms with Crippen LogP contribution >= 0.6 is 0 Å². The van der Waals surface area contributed by atoms with Crippen molar-refractivity contribution in [2.75, 3.05) is 0 Å². The Kier molecular flexibility index (Phi) is 6.71. The minimum absolute atomic E-state index is 0.00577. The first-order valence-electron chi connectivity index (χ1n) is 9.07. The lowest BCUT2D eigenvalue weighted by atomic mass is 9.99. The van der Waals surface area contributed by atoms with Crippen LogP contribution in [-0.4, -0.2) is 16.6 Å². The maximum absolute atomic E-state index is 3.71. The third kappa shape index (κ3) is 6.72. The zero-order valence-corrected chi connectivity index (χ0v) is 18.8. The molecule has 2 aromatic carbocycles. The summed E-state index contributed by atoms with van der Waals surface area (Å²) in [6.07, 6.45) is 0. The summed E-state index contributed by atoms with van der Waals surface area (Å²) >= 11 is 0. The van der Waals surface area contributed by atoms with E-state index in [4.69, 9.17) is 0 Å². The molecule has 0 unspecified atom stereocenters. The predicted molar refractivity (Wildman–Crippen MR) is 118 cm³/mol. The third-order valence-electron chi connectivity index (χ3n) is 3.50. The van der Waals surface area contributed by atoms with Crippen LogP contribution in [0.25, 0.3) is 0 Å². The molecule has 2 aromatic rings. The molecule has 0 aliphatic heterocycles. The zero-order chi connectivity index (χ0) is 19.2. The van der Waals surface area contributed by atoms with Crippen molar-refractivity contribution >= 4 is 27.0 Å². The Morgan fingerprint density at radius 2 is 0.846 bits per heavy atom. The summed E-state index contributed by atoms with van der Waals surface area (Å²) in [4.78, 5) is 0. The topological polar surface area (TPSA) is 0 Å². The standard InChI is InChI=1S/C24H28Si2/c1-23(2,3)17-19-25(21-13-9-7-10-14-21)26(20-18-24(4,5)6)22-15-11-8-12-16-22/h7-16H,1-6H3. The molecule has 0 heterocycles. The Morgan fingerprint density at radius 1 is 0.538 bits per heavy atom. The summed E-state index contributed by atoms with van der Waals surface area (Å²) in [6.45, 7) is 13.1. The van der Waals surface area contributed by atoms with Gasteiger partial charge in [0.25, 0.3) is 0 Å². The molecule has 0 bridgehead atoms. The highest BCUT2D eigenvalue weighted by molar-refractivity contribution is 7.39. The van der Waals surface area contributed by atoms with Gasteiger partial charge in [0.15, 0.2) is 16.6 Å². The molecule has 0 amide bonds. The highest BCUT2D eigenvalue weighted by atomic mass is 29.2. The molecule has 26 heavy (non-hydrogen) atoms. The normalized spacial score (nSPS) is 11.5. The van der Waals surface area contributed by atoms with E-state index in [0.29, 0.717) is 0 Å². The lowest BCUT2D eigenvalue weighted by Crippen LogP contribution is -2.52. The Morgan fingerprint density at radius 3 is 1.12 bits per heavy atom. The van der Waals surface area contributed by atoms with Crippen LogP contribution in [0.2, 0.25) is 0 Å². The molecule has 0 aliphatic carbocycles. The van der Waals surface area contributed by atoms with Crippen LogP contribution in [0.5, 0.6) is 0 Å². The van der Waals surface area contributed by atoms with E-state index in [-0.39, 0.29) is 10.8 Å². The van der Waals surface area contributed by atoms with Crippen LogP contribution < -0.4 is 10.4 Å². The minimum atomic E-state index is -1.10. The number of benzene rings is 2. The van der Waals surface area contributed by atoms with Gasteiger partial charge in [0.2, 0.25) is 0 Å². The summed E-state index contributed by atoms with van der Waals surface area (Å²) in [6, 6.07) is 21.6. The second-order valence-corrected chi connectivity index (χ2v) is 14.6. The van der Waals surface area contributed by atoms with Crippen LogP contribution in [0.3, 0.4) is 0 Å². The number of rotatable bonds is 3. The molecule has 0 saturated carbocycles. The number of hydrogen-bond acceptors (Lipinski definition) is 0. The SMILES string of the molecule is CC(C)(C)C#C[Si](c1ccccc1)[Si](C#CC(C)(C)C)c1ccccc1. The molecule has 0 spiro atoms. The van der Waals surface area contributed by atoms with Gasteiger partial charge < -0.3 is 0 Å². The first-order chi connectivity index (χ1) is 12.2. The van der Waals surface area contributed by atoms with Crippen molar-refractivity contribution in [3.05, 3.63) is 60.7 Å². The van der Waals surface area contributed by atoms with Crippen LogP contribution in [0.15, 0.2) is 60.7 Å². The molecular weight excluding hydrogens is 344 g/mol. The smallest absolute Gasteiger partial charge is 0.129 e. The fourth-order valence-electron chi connectivity index (χ4n) is 2.27. The number of hydrogen-bond donors (Lipinski definition) is 0. The van der Waals surface area contributed by atoms with Crippen molar-refractivity contribution in [1.29, 1.82) is 0 Å². The molecule has 0 atom stereocenters. The molecule has 0 fully saturated rings. The van der Waals surface area contributed by atoms with Crippen LogP contribution in [0, 0.1) is 33.8 Å². The monoisotopic (exact) mass is 372 g/mol. The largest absolute Gasteiger partial charge is 0.186 e. The molecule has 132 valence electrons. The zero-order valence-electron chi connectivity index (χ0n) is 16.8. The Bertz CT molecular complexity index is 743. The van der Waals surface area contributed by atoms with Gasteiger partial charge in [-0.3, -0.25) is 0 Å². The molecule has 0 N–H and O–H groups in total. The molecule has 0 saturated heterocycles. The second kappa shape index (κ2) is 8.59. The van der Waals surface area contributed by atoms with Gasteiger partial charge in [-0.2, -0.15) is 0 Å². The van der Waals surface area contributed by atoms with E-state index in [1.165, 1.54) is 10.4 Å². The Balaban J connectivity index is 2.60.